The molecule has 114 valence electrons. The van der Waals surface area contributed by atoms with E-state index in [1.165, 1.54) is 54.5 Å². The second-order valence-electron chi connectivity index (χ2n) is 5.74. The van der Waals surface area contributed by atoms with Crippen LogP contribution in [0.15, 0.2) is 0 Å². The van der Waals surface area contributed by atoms with Crippen LogP contribution in [0.3, 0.4) is 0 Å². The topological polar surface area (TPSA) is 28.2 Å². The fraction of sp³-hybridized carbons (Fsp3) is 0.812. The highest BCUT2D eigenvalue weighted by atomic mass is 32.1. The molecule has 0 bridgehead atoms. The molecule has 1 aliphatic heterocycles. The van der Waals surface area contributed by atoms with Crippen molar-refractivity contribution in [1.29, 1.82) is 0 Å². The molecule has 0 radical (unpaired) electrons. The number of aryl methyl sites for hydroxylation is 1. The molecule has 1 aromatic heterocycles. The zero-order valence-electron chi connectivity index (χ0n) is 13.2. The van der Waals surface area contributed by atoms with Crippen LogP contribution in [-0.4, -0.2) is 24.6 Å². The van der Waals surface area contributed by atoms with Gasteiger partial charge in [0.2, 0.25) is 0 Å². The Bertz CT molecular complexity index is 394. The summed E-state index contributed by atoms with van der Waals surface area (Å²) >= 11 is 1.90. The van der Waals surface area contributed by atoms with Crippen molar-refractivity contribution in [2.24, 2.45) is 5.92 Å². The van der Waals surface area contributed by atoms with Gasteiger partial charge in [-0.1, -0.05) is 27.2 Å². The Kier molecular flexibility index (Phi) is 6.30. The standard InChI is InChI=1S/C16H29N3S/c1-4-9-17-12-15-14(6-3)18-16(20-15)19-10-7-13(5-2)8-11-19/h13,17H,4-12H2,1-3H3. The van der Waals surface area contributed by atoms with E-state index < -0.39 is 0 Å². The summed E-state index contributed by atoms with van der Waals surface area (Å²) < 4.78 is 0. The Hall–Kier alpha value is -0.610. The number of hydrogen-bond donors (Lipinski definition) is 1. The maximum absolute atomic E-state index is 4.89. The maximum Gasteiger partial charge on any atom is 0.185 e. The van der Waals surface area contributed by atoms with Crippen LogP contribution in [0, 0.1) is 5.92 Å². The molecule has 1 aliphatic rings. The SMILES string of the molecule is CCCNCc1sc(N2CCC(CC)CC2)nc1CC. The third-order valence-corrected chi connectivity index (χ3v) is 5.44. The first-order valence-electron chi connectivity index (χ1n) is 8.22. The van der Waals surface area contributed by atoms with Gasteiger partial charge < -0.3 is 10.2 Å². The van der Waals surface area contributed by atoms with Gasteiger partial charge in [-0.15, -0.1) is 11.3 Å². The average Bonchev–Trinajstić information content (AvgIpc) is 2.91. The number of piperidine rings is 1. The molecule has 0 aliphatic carbocycles. The van der Waals surface area contributed by atoms with E-state index >= 15 is 0 Å². The van der Waals surface area contributed by atoms with E-state index in [0.717, 1.165) is 25.4 Å². The first-order valence-corrected chi connectivity index (χ1v) is 9.04. The monoisotopic (exact) mass is 295 g/mol. The average molecular weight is 295 g/mol. The van der Waals surface area contributed by atoms with Crippen molar-refractivity contribution >= 4 is 16.5 Å². The van der Waals surface area contributed by atoms with Gasteiger partial charge in [-0.3, -0.25) is 0 Å². The highest BCUT2D eigenvalue weighted by Crippen LogP contribution is 2.30. The van der Waals surface area contributed by atoms with Crippen molar-refractivity contribution in [2.45, 2.75) is 59.4 Å². The number of rotatable bonds is 7. The lowest BCUT2D eigenvalue weighted by molar-refractivity contribution is 0.395. The van der Waals surface area contributed by atoms with Crippen molar-refractivity contribution in [1.82, 2.24) is 10.3 Å². The Morgan fingerprint density at radius 2 is 2.00 bits per heavy atom. The molecule has 1 saturated heterocycles. The summed E-state index contributed by atoms with van der Waals surface area (Å²) in [6, 6.07) is 0. The number of aromatic nitrogens is 1. The van der Waals surface area contributed by atoms with Crippen molar-refractivity contribution in [2.75, 3.05) is 24.5 Å². The molecule has 3 nitrogen and oxygen atoms in total. The molecule has 1 fully saturated rings. The lowest BCUT2D eigenvalue weighted by Gasteiger charge is -2.31. The van der Waals surface area contributed by atoms with Crippen LogP contribution in [0.5, 0.6) is 0 Å². The number of nitrogens with one attached hydrogen (secondary N) is 1. The van der Waals surface area contributed by atoms with Crippen molar-refractivity contribution in [3.8, 4) is 0 Å². The highest BCUT2D eigenvalue weighted by molar-refractivity contribution is 7.15. The highest BCUT2D eigenvalue weighted by Gasteiger charge is 2.21. The summed E-state index contributed by atoms with van der Waals surface area (Å²) in [7, 11) is 0. The second kappa shape index (κ2) is 7.99. The lowest BCUT2D eigenvalue weighted by atomic mass is 9.95. The third-order valence-electron chi connectivity index (χ3n) is 4.28. The zero-order chi connectivity index (χ0) is 14.4. The van der Waals surface area contributed by atoms with Crippen LogP contribution >= 0.6 is 11.3 Å². The van der Waals surface area contributed by atoms with Crippen LogP contribution < -0.4 is 10.2 Å². The molecule has 20 heavy (non-hydrogen) atoms. The first kappa shape index (κ1) is 15.8. The van der Waals surface area contributed by atoms with E-state index in [-0.39, 0.29) is 0 Å². The molecule has 0 saturated carbocycles. The van der Waals surface area contributed by atoms with E-state index in [4.69, 9.17) is 4.98 Å². The Labute approximate surface area is 127 Å². The molecule has 1 N–H and O–H groups in total. The van der Waals surface area contributed by atoms with Crippen molar-refractivity contribution in [3.05, 3.63) is 10.6 Å². The number of thiazole rings is 1. The minimum absolute atomic E-state index is 0.933. The molecule has 4 heteroatoms. The molecule has 1 aromatic rings. The van der Waals surface area contributed by atoms with E-state index in [9.17, 15) is 0 Å². The van der Waals surface area contributed by atoms with E-state index in [1.54, 1.807) is 0 Å². The lowest BCUT2D eigenvalue weighted by Crippen LogP contribution is -2.33. The van der Waals surface area contributed by atoms with Crippen LogP contribution in [-0.2, 0) is 13.0 Å². The molecule has 2 rings (SSSR count). The largest absolute Gasteiger partial charge is 0.348 e. The summed E-state index contributed by atoms with van der Waals surface area (Å²) in [5.74, 6) is 0.933. The Morgan fingerprint density at radius 3 is 2.60 bits per heavy atom. The minimum Gasteiger partial charge on any atom is -0.348 e. The molecule has 0 aromatic carbocycles. The number of anilines is 1. The normalized spacial score (nSPS) is 16.9. The van der Waals surface area contributed by atoms with Gasteiger partial charge >= 0.3 is 0 Å². The van der Waals surface area contributed by atoms with Gasteiger partial charge in [-0.2, -0.15) is 0 Å². The second-order valence-corrected chi connectivity index (χ2v) is 6.80. The van der Waals surface area contributed by atoms with E-state index in [0.29, 0.717) is 0 Å². The summed E-state index contributed by atoms with van der Waals surface area (Å²) in [4.78, 5) is 8.82. The number of nitrogens with zero attached hydrogens (tertiary/aromatic N) is 2. The van der Waals surface area contributed by atoms with Gasteiger partial charge in [0.1, 0.15) is 0 Å². The van der Waals surface area contributed by atoms with Gasteiger partial charge in [0.15, 0.2) is 5.13 Å². The molecular weight excluding hydrogens is 266 g/mol. The fourth-order valence-electron chi connectivity index (χ4n) is 2.83. The van der Waals surface area contributed by atoms with Crippen LogP contribution in [0.25, 0.3) is 0 Å². The molecular formula is C16H29N3S. The van der Waals surface area contributed by atoms with Crippen LogP contribution in [0.4, 0.5) is 5.13 Å². The van der Waals surface area contributed by atoms with Gasteiger partial charge in [-0.05, 0) is 38.1 Å². The third kappa shape index (κ3) is 3.95. The maximum atomic E-state index is 4.89. The van der Waals surface area contributed by atoms with Gasteiger partial charge in [-0.25, -0.2) is 4.98 Å². The van der Waals surface area contributed by atoms with Gasteiger partial charge in [0, 0.05) is 24.5 Å². The van der Waals surface area contributed by atoms with Crippen molar-refractivity contribution < 1.29 is 0 Å². The van der Waals surface area contributed by atoms with Gasteiger partial charge in [0.05, 0.1) is 5.69 Å². The molecule has 2 heterocycles. The Balaban J connectivity index is 1.98. The first-order chi connectivity index (χ1) is 9.78. The molecule has 0 unspecified atom stereocenters. The molecule has 0 spiro atoms. The Morgan fingerprint density at radius 1 is 1.25 bits per heavy atom. The molecule has 0 atom stereocenters. The summed E-state index contributed by atoms with van der Waals surface area (Å²) in [5, 5.41) is 4.76. The number of hydrogen-bond acceptors (Lipinski definition) is 4. The summed E-state index contributed by atoms with van der Waals surface area (Å²) in [5.41, 5.74) is 1.30. The zero-order valence-corrected chi connectivity index (χ0v) is 14.1. The van der Waals surface area contributed by atoms with Crippen LogP contribution in [0.1, 0.15) is 57.0 Å². The summed E-state index contributed by atoms with van der Waals surface area (Å²) in [6.45, 7) is 11.2. The van der Waals surface area contributed by atoms with Crippen molar-refractivity contribution in [3.63, 3.8) is 0 Å². The predicted molar refractivity (Wildman–Crippen MR) is 88.7 cm³/mol. The summed E-state index contributed by atoms with van der Waals surface area (Å²) in [6.07, 6.45) is 6.24. The van der Waals surface area contributed by atoms with Crippen LogP contribution in [0.2, 0.25) is 0 Å². The smallest absolute Gasteiger partial charge is 0.185 e. The minimum atomic E-state index is 0.933. The fourth-order valence-corrected chi connectivity index (χ4v) is 4.00. The predicted octanol–water partition coefficient (Wildman–Crippen LogP) is 3.83. The quantitative estimate of drug-likeness (QED) is 0.775. The van der Waals surface area contributed by atoms with E-state index in [2.05, 4.69) is 31.0 Å². The van der Waals surface area contributed by atoms with E-state index in [1.807, 2.05) is 11.3 Å². The molecule has 0 amide bonds. The van der Waals surface area contributed by atoms with Gasteiger partial charge in [0.25, 0.3) is 0 Å².